The minimum absolute atomic E-state index is 0.102. The topological polar surface area (TPSA) is 109 Å². The van der Waals surface area contributed by atoms with Crippen LogP contribution < -0.4 is 0 Å². The Balaban J connectivity index is 1.73. The molecule has 1 aromatic rings. The molecule has 0 N–H and O–H groups in total. The van der Waals surface area contributed by atoms with E-state index in [1.54, 1.807) is 6.07 Å². The third-order valence-electron chi connectivity index (χ3n) is 7.28. The lowest BCUT2D eigenvalue weighted by Gasteiger charge is -2.56. The van der Waals surface area contributed by atoms with Gasteiger partial charge in [0.15, 0.2) is 11.9 Å². The van der Waals surface area contributed by atoms with Crippen molar-refractivity contribution in [2.75, 3.05) is 7.11 Å². The Morgan fingerprint density at radius 1 is 1.23 bits per heavy atom. The molecule has 162 valence electrons. The highest BCUT2D eigenvalue weighted by Gasteiger charge is 2.63. The summed E-state index contributed by atoms with van der Waals surface area (Å²) in [5.74, 6) is -3.50. The number of carbonyl (C=O) groups excluding carboxylic acids is 4. The first-order valence-electron chi connectivity index (χ1n) is 10.3. The number of Topliss-reactive ketones (excluding diaryl/α,β-unsaturated/α-hetero) is 1. The van der Waals surface area contributed by atoms with E-state index in [2.05, 4.69) is 0 Å². The van der Waals surface area contributed by atoms with Gasteiger partial charge in [-0.15, -0.1) is 0 Å². The largest absolute Gasteiger partial charge is 0.472 e. The number of carbonyl (C=O) groups is 4. The molecule has 0 spiro atoms. The van der Waals surface area contributed by atoms with Crippen molar-refractivity contribution in [1.82, 2.24) is 0 Å². The summed E-state index contributed by atoms with van der Waals surface area (Å²) in [5.41, 5.74) is 0.0546. The third kappa shape index (κ3) is 3.22. The fourth-order valence-electron chi connectivity index (χ4n) is 5.88. The second-order valence-corrected chi connectivity index (χ2v) is 8.82. The Kier molecular flexibility index (Phi) is 5.20. The predicted molar refractivity (Wildman–Crippen MR) is 101 cm³/mol. The highest BCUT2D eigenvalue weighted by Crippen LogP contribution is 2.59. The Labute approximate surface area is 174 Å². The number of esters is 3. The Hall–Kier alpha value is -2.64. The van der Waals surface area contributed by atoms with Crippen LogP contribution in [-0.4, -0.2) is 36.9 Å². The van der Waals surface area contributed by atoms with Crippen molar-refractivity contribution in [2.24, 2.45) is 29.1 Å². The molecule has 1 saturated heterocycles. The van der Waals surface area contributed by atoms with Crippen molar-refractivity contribution in [3.63, 3.8) is 0 Å². The summed E-state index contributed by atoms with van der Waals surface area (Å²) in [5, 5.41) is 0. The van der Waals surface area contributed by atoms with E-state index in [1.807, 2.05) is 6.92 Å². The normalized spacial score (nSPS) is 38.1. The Bertz CT molecular complexity index is 858. The van der Waals surface area contributed by atoms with Crippen molar-refractivity contribution in [3.8, 4) is 0 Å². The van der Waals surface area contributed by atoms with Crippen LogP contribution in [0, 0.1) is 29.1 Å². The minimum Gasteiger partial charge on any atom is -0.472 e. The maximum absolute atomic E-state index is 13.5. The number of methoxy groups -OCH3 is 1. The van der Waals surface area contributed by atoms with Gasteiger partial charge < -0.3 is 18.6 Å². The van der Waals surface area contributed by atoms with Gasteiger partial charge in [0, 0.05) is 24.8 Å². The standard InChI is InChI=1S/C22H26O8/c1-11(23)29-17-9-15(21(26)27-3)22(2)6-4-13-14(18(22)19(17)24)8-16(30-20(13)25)12-5-7-28-10-12/h5,7,10,13-18H,4,6,8-9H2,1-3H3. The van der Waals surface area contributed by atoms with Gasteiger partial charge >= 0.3 is 17.9 Å². The first kappa shape index (κ1) is 20.6. The van der Waals surface area contributed by atoms with Crippen LogP contribution in [0.3, 0.4) is 0 Å². The molecule has 2 aliphatic carbocycles. The van der Waals surface area contributed by atoms with Crippen LogP contribution in [-0.2, 0) is 33.4 Å². The molecule has 4 rings (SSSR count). The van der Waals surface area contributed by atoms with E-state index < -0.39 is 47.3 Å². The summed E-state index contributed by atoms with van der Waals surface area (Å²) in [6, 6.07) is 1.74. The maximum atomic E-state index is 13.5. The molecular formula is C22H26O8. The van der Waals surface area contributed by atoms with E-state index >= 15 is 0 Å². The molecule has 0 aromatic carbocycles. The molecule has 30 heavy (non-hydrogen) atoms. The van der Waals surface area contributed by atoms with Crippen LogP contribution in [0.4, 0.5) is 0 Å². The molecular weight excluding hydrogens is 392 g/mol. The van der Waals surface area contributed by atoms with Crippen molar-refractivity contribution < 1.29 is 37.8 Å². The van der Waals surface area contributed by atoms with E-state index in [9.17, 15) is 19.2 Å². The molecule has 1 aromatic heterocycles. The average molecular weight is 418 g/mol. The fourth-order valence-corrected chi connectivity index (χ4v) is 5.88. The van der Waals surface area contributed by atoms with Crippen LogP contribution in [0.25, 0.3) is 0 Å². The number of ketones is 1. The van der Waals surface area contributed by atoms with Gasteiger partial charge in [-0.2, -0.15) is 0 Å². The molecule has 0 amide bonds. The monoisotopic (exact) mass is 418 g/mol. The maximum Gasteiger partial charge on any atom is 0.309 e. The lowest BCUT2D eigenvalue weighted by molar-refractivity contribution is -0.194. The van der Waals surface area contributed by atoms with Gasteiger partial charge in [0.1, 0.15) is 6.10 Å². The number of fused-ring (bicyclic) bond motifs is 3. The summed E-state index contributed by atoms with van der Waals surface area (Å²) in [6.07, 6.45) is 3.11. The molecule has 8 nitrogen and oxygen atoms in total. The van der Waals surface area contributed by atoms with Gasteiger partial charge in [-0.05, 0) is 36.7 Å². The Morgan fingerprint density at radius 3 is 2.63 bits per heavy atom. The first-order chi connectivity index (χ1) is 14.3. The van der Waals surface area contributed by atoms with Crippen LogP contribution in [0.5, 0.6) is 0 Å². The van der Waals surface area contributed by atoms with Gasteiger partial charge in [0.05, 0.1) is 31.5 Å². The van der Waals surface area contributed by atoms with Gasteiger partial charge in [0.25, 0.3) is 0 Å². The smallest absolute Gasteiger partial charge is 0.309 e. The number of rotatable bonds is 3. The Morgan fingerprint density at radius 2 is 2.00 bits per heavy atom. The number of ether oxygens (including phenoxy) is 3. The van der Waals surface area contributed by atoms with E-state index in [0.717, 1.165) is 5.56 Å². The number of hydrogen-bond acceptors (Lipinski definition) is 8. The number of cyclic esters (lactones) is 1. The van der Waals surface area contributed by atoms with E-state index in [1.165, 1.54) is 26.6 Å². The van der Waals surface area contributed by atoms with E-state index in [0.29, 0.717) is 19.3 Å². The molecule has 3 fully saturated rings. The second kappa shape index (κ2) is 7.56. The zero-order valence-corrected chi connectivity index (χ0v) is 17.3. The van der Waals surface area contributed by atoms with Gasteiger partial charge in [-0.1, -0.05) is 6.92 Å². The summed E-state index contributed by atoms with van der Waals surface area (Å²) in [7, 11) is 1.32. The fraction of sp³-hybridized carbons (Fsp3) is 0.636. The lowest BCUT2D eigenvalue weighted by atomic mass is 9.48. The quantitative estimate of drug-likeness (QED) is 0.544. The SMILES string of the molecule is COC(=O)C1CC(OC(C)=O)C(=O)C2C3CC(c4ccoc4)OC(=O)C3CCC12C. The summed E-state index contributed by atoms with van der Waals surface area (Å²) in [6.45, 7) is 3.16. The van der Waals surface area contributed by atoms with Crippen LogP contribution in [0.15, 0.2) is 23.0 Å². The summed E-state index contributed by atoms with van der Waals surface area (Å²) < 4.78 is 21.1. The van der Waals surface area contributed by atoms with Gasteiger partial charge in [-0.3, -0.25) is 19.2 Å². The molecule has 0 radical (unpaired) electrons. The van der Waals surface area contributed by atoms with E-state index in [4.69, 9.17) is 18.6 Å². The molecule has 8 heteroatoms. The highest BCUT2D eigenvalue weighted by atomic mass is 16.6. The number of hydrogen-bond donors (Lipinski definition) is 0. The zero-order valence-electron chi connectivity index (χ0n) is 17.3. The molecule has 7 atom stereocenters. The summed E-state index contributed by atoms with van der Waals surface area (Å²) >= 11 is 0. The van der Waals surface area contributed by atoms with Gasteiger partial charge in [-0.25, -0.2) is 0 Å². The van der Waals surface area contributed by atoms with Gasteiger partial charge in [0.2, 0.25) is 0 Å². The predicted octanol–water partition coefficient (Wildman–Crippen LogP) is 2.61. The van der Waals surface area contributed by atoms with E-state index in [-0.39, 0.29) is 24.1 Å². The van der Waals surface area contributed by atoms with Crippen LogP contribution >= 0.6 is 0 Å². The van der Waals surface area contributed by atoms with Crippen molar-refractivity contribution >= 4 is 23.7 Å². The average Bonchev–Trinajstić information content (AvgIpc) is 3.23. The molecule has 1 aliphatic heterocycles. The van der Waals surface area contributed by atoms with Crippen LogP contribution in [0.2, 0.25) is 0 Å². The summed E-state index contributed by atoms with van der Waals surface area (Å²) in [4.78, 5) is 50.6. The van der Waals surface area contributed by atoms with Crippen LogP contribution in [0.1, 0.15) is 51.2 Å². The molecule has 3 aliphatic rings. The first-order valence-corrected chi connectivity index (χ1v) is 10.3. The zero-order chi connectivity index (χ0) is 21.6. The second-order valence-electron chi connectivity index (χ2n) is 8.82. The lowest BCUT2D eigenvalue weighted by Crippen LogP contribution is -2.61. The molecule has 7 unspecified atom stereocenters. The third-order valence-corrected chi connectivity index (χ3v) is 7.28. The number of furan rings is 1. The molecule has 2 saturated carbocycles. The van der Waals surface area contributed by atoms with Crippen molar-refractivity contribution in [1.29, 1.82) is 0 Å². The van der Waals surface area contributed by atoms with Crippen molar-refractivity contribution in [2.45, 2.75) is 51.7 Å². The highest BCUT2D eigenvalue weighted by molar-refractivity contribution is 5.92. The van der Waals surface area contributed by atoms with Crippen molar-refractivity contribution in [3.05, 3.63) is 24.2 Å². The molecule has 0 bridgehead atoms. The minimum atomic E-state index is -1.02. The molecule has 2 heterocycles.